The monoisotopic (exact) mass is 182 g/mol. The molecule has 2 amide bonds. The highest BCUT2D eigenvalue weighted by atomic mass is 16.2. The third-order valence-electron chi connectivity index (χ3n) is 1.21. The zero-order chi connectivity index (χ0) is 10.1. The lowest BCUT2D eigenvalue weighted by atomic mass is 10.3. The van der Waals surface area contributed by atoms with Gasteiger partial charge in [-0.2, -0.15) is 0 Å². The van der Waals surface area contributed by atoms with Crippen molar-refractivity contribution in [1.29, 1.82) is 0 Å². The summed E-state index contributed by atoms with van der Waals surface area (Å²) in [6.45, 7) is 7.63. The molecule has 13 heavy (non-hydrogen) atoms. The zero-order valence-corrected chi connectivity index (χ0v) is 7.51. The Balaban J connectivity index is 3.58. The van der Waals surface area contributed by atoms with Gasteiger partial charge in [0.15, 0.2) is 0 Å². The summed E-state index contributed by atoms with van der Waals surface area (Å²) in [6.07, 6.45) is 2.96. The first-order valence-electron chi connectivity index (χ1n) is 3.96. The normalized spacial score (nSPS) is 8.62. The highest BCUT2D eigenvalue weighted by Crippen LogP contribution is 1.79. The lowest BCUT2D eigenvalue weighted by molar-refractivity contribution is -0.129. The Bertz CT molecular complexity index is 190. The van der Waals surface area contributed by atoms with Gasteiger partial charge in [0.1, 0.15) is 6.42 Å². The van der Waals surface area contributed by atoms with Crippen LogP contribution in [0, 0.1) is 0 Å². The molecule has 0 aliphatic rings. The fourth-order valence-corrected chi connectivity index (χ4v) is 0.643. The molecule has 2 N–H and O–H groups in total. The van der Waals surface area contributed by atoms with Gasteiger partial charge in [0.2, 0.25) is 11.8 Å². The summed E-state index contributed by atoms with van der Waals surface area (Å²) < 4.78 is 0. The van der Waals surface area contributed by atoms with Gasteiger partial charge >= 0.3 is 0 Å². The van der Waals surface area contributed by atoms with Crippen molar-refractivity contribution in [3.05, 3.63) is 25.3 Å². The topological polar surface area (TPSA) is 58.2 Å². The zero-order valence-electron chi connectivity index (χ0n) is 7.51. The lowest BCUT2D eigenvalue weighted by Crippen LogP contribution is -2.31. The summed E-state index contributed by atoms with van der Waals surface area (Å²) in [6, 6.07) is 0. The molecule has 0 bridgehead atoms. The third kappa shape index (κ3) is 6.80. The molecule has 0 aromatic heterocycles. The van der Waals surface area contributed by atoms with Crippen LogP contribution in [0.2, 0.25) is 0 Å². The largest absolute Gasteiger partial charge is 0.352 e. The molecule has 0 fully saturated rings. The van der Waals surface area contributed by atoms with Gasteiger partial charge < -0.3 is 10.6 Å². The van der Waals surface area contributed by atoms with Crippen LogP contribution in [-0.2, 0) is 9.59 Å². The van der Waals surface area contributed by atoms with Crippen molar-refractivity contribution < 1.29 is 9.59 Å². The molecule has 72 valence electrons. The molecule has 0 rings (SSSR count). The van der Waals surface area contributed by atoms with E-state index in [1.807, 2.05) is 0 Å². The van der Waals surface area contributed by atoms with Crippen molar-refractivity contribution in [3.8, 4) is 0 Å². The fourth-order valence-electron chi connectivity index (χ4n) is 0.643. The van der Waals surface area contributed by atoms with Crippen LogP contribution in [0.25, 0.3) is 0 Å². The first kappa shape index (κ1) is 11.4. The Morgan fingerprint density at radius 3 is 1.69 bits per heavy atom. The van der Waals surface area contributed by atoms with E-state index < -0.39 is 0 Å². The molecule has 0 aromatic carbocycles. The molecule has 4 heteroatoms. The number of rotatable bonds is 6. The minimum Gasteiger partial charge on any atom is -0.352 e. The van der Waals surface area contributed by atoms with Crippen LogP contribution in [0.15, 0.2) is 25.3 Å². The summed E-state index contributed by atoms with van der Waals surface area (Å²) in [5.74, 6) is -0.608. The third-order valence-corrected chi connectivity index (χ3v) is 1.21. The summed E-state index contributed by atoms with van der Waals surface area (Å²) in [7, 11) is 0. The number of nitrogens with one attached hydrogen (secondary N) is 2. The van der Waals surface area contributed by atoms with E-state index in [4.69, 9.17) is 0 Å². The molecule has 0 spiro atoms. The van der Waals surface area contributed by atoms with Crippen molar-refractivity contribution in [3.63, 3.8) is 0 Å². The van der Waals surface area contributed by atoms with E-state index in [0.717, 1.165) is 0 Å². The molecular formula is C9H14N2O2. The number of carbonyl (C=O) groups is 2. The van der Waals surface area contributed by atoms with E-state index in [0.29, 0.717) is 13.1 Å². The standard InChI is InChI=1S/C9H14N2O2/c1-3-5-10-8(12)7-9(13)11-6-4-2/h3-4H,1-2,5-7H2,(H,10,12)(H,11,13). The Kier molecular flexibility index (Phi) is 6.23. The predicted octanol–water partition coefficient (Wildman–Crippen LogP) is -0.0191. The molecule has 0 saturated carbocycles. The van der Waals surface area contributed by atoms with Gasteiger partial charge in [-0.3, -0.25) is 9.59 Å². The molecule has 4 nitrogen and oxygen atoms in total. The molecule has 0 unspecified atom stereocenters. The Morgan fingerprint density at radius 2 is 1.38 bits per heavy atom. The van der Waals surface area contributed by atoms with Gasteiger partial charge in [-0.25, -0.2) is 0 Å². The van der Waals surface area contributed by atoms with Crippen LogP contribution >= 0.6 is 0 Å². The van der Waals surface area contributed by atoms with E-state index in [1.54, 1.807) is 12.2 Å². The molecular weight excluding hydrogens is 168 g/mol. The summed E-state index contributed by atoms with van der Waals surface area (Å²) in [4.78, 5) is 21.9. The summed E-state index contributed by atoms with van der Waals surface area (Å²) in [5.41, 5.74) is 0. The first-order chi connectivity index (χ1) is 6.20. The SMILES string of the molecule is C=CCNC(=O)CC(=O)NCC=C. The number of hydrogen-bond donors (Lipinski definition) is 2. The highest BCUT2D eigenvalue weighted by Gasteiger charge is 2.06. The van der Waals surface area contributed by atoms with Crippen LogP contribution in [0.3, 0.4) is 0 Å². The van der Waals surface area contributed by atoms with Crippen LogP contribution in [0.5, 0.6) is 0 Å². The maximum absolute atomic E-state index is 10.9. The van der Waals surface area contributed by atoms with E-state index >= 15 is 0 Å². The molecule has 0 heterocycles. The van der Waals surface area contributed by atoms with Crippen molar-refractivity contribution in [2.24, 2.45) is 0 Å². The molecule has 0 aliphatic carbocycles. The average Bonchev–Trinajstić information content (AvgIpc) is 2.11. The van der Waals surface area contributed by atoms with Crippen LogP contribution in [0.4, 0.5) is 0 Å². The lowest BCUT2D eigenvalue weighted by Gasteiger charge is -2.02. The van der Waals surface area contributed by atoms with Gasteiger partial charge in [-0.05, 0) is 0 Å². The van der Waals surface area contributed by atoms with Gasteiger partial charge in [0.25, 0.3) is 0 Å². The van der Waals surface area contributed by atoms with Crippen LogP contribution in [0.1, 0.15) is 6.42 Å². The van der Waals surface area contributed by atoms with Crippen LogP contribution in [-0.4, -0.2) is 24.9 Å². The summed E-state index contributed by atoms with van der Waals surface area (Å²) in [5, 5.41) is 4.99. The number of hydrogen-bond acceptors (Lipinski definition) is 2. The summed E-state index contributed by atoms with van der Waals surface area (Å²) >= 11 is 0. The predicted molar refractivity (Wildman–Crippen MR) is 51.0 cm³/mol. The van der Waals surface area contributed by atoms with E-state index in [-0.39, 0.29) is 18.2 Å². The van der Waals surface area contributed by atoms with Crippen molar-refractivity contribution in [2.45, 2.75) is 6.42 Å². The van der Waals surface area contributed by atoms with Crippen molar-refractivity contribution in [1.82, 2.24) is 10.6 Å². The second kappa shape index (κ2) is 7.09. The second-order valence-corrected chi connectivity index (χ2v) is 2.36. The fraction of sp³-hybridized carbons (Fsp3) is 0.333. The molecule has 0 saturated heterocycles. The van der Waals surface area contributed by atoms with Gasteiger partial charge in [-0.1, -0.05) is 12.2 Å². The van der Waals surface area contributed by atoms with E-state index in [1.165, 1.54) is 0 Å². The average molecular weight is 182 g/mol. The molecule has 0 radical (unpaired) electrons. The van der Waals surface area contributed by atoms with Gasteiger partial charge in [0, 0.05) is 13.1 Å². The molecule has 0 atom stereocenters. The Hall–Kier alpha value is -1.58. The quantitative estimate of drug-likeness (QED) is 0.448. The highest BCUT2D eigenvalue weighted by molar-refractivity contribution is 5.96. The maximum Gasteiger partial charge on any atom is 0.229 e. The van der Waals surface area contributed by atoms with E-state index in [9.17, 15) is 9.59 Å². The van der Waals surface area contributed by atoms with Gasteiger partial charge in [0.05, 0.1) is 0 Å². The number of amides is 2. The molecule has 0 aliphatic heterocycles. The number of carbonyl (C=O) groups excluding carboxylic acids is 2. The second-order valence-electron chi connectivity index (χ2n) is 2.36. The molecule has 0 aromatic rings. The Morgan fingerprint density at radius 1 is 1.00 bits per heavy atom. The van der Waals surface area contributed by atoms with Crippen LogP contribution < -0.4 is 10.6 Å². The minimum atomic E-state index is -0.304. The smallest absolute Gasteiger partial charge is 0.229 e. The van der Waals surface area contributed by atoms with Gasteiger partial charge in [-0.15, -0.1) is 13.2 Å². The Labute approximate surface area is 77.7 Å². The minimum absolute atomic E-state index is 0.151. The first-order valence-corrected chi connectivity index (χ1v) is 3.96. The van der Waals surface area contributed by atoms with Crippen molar-refractivity contribution in [2.75, 3.05) is 13.1 Å². The van der Waals surface area contributed by atoms with E-state index in [2.05, 4.69) is 23.8 Å². The van der Waals surface area contributed by atoms with Crippen molar-refractivity contribution >= 4 is 11.8 Å². The maximum atomic E-state index is 10.9.